The van der Waals surface area contributed by atoms with E-state index in [1.54, 1.807) is 7.11 Å². The van der Waals surface area contributed by atoms with E-state index in [0.717, 1.165) is 46.9 Å². The highest BCUT2D eigenvalue weighted by Crippen LogP contribution is 2.39. The Kier molecular flexibility index (Phi) is 1.92. The number of hydrogen-bond acceptors (Lipinski definition) is 3. The maximum Gasteiger partial charge on any atom is 0.225 e. The summed E-state index contributed by atoms with van der Waals surface area (Å²) in [5.74, 6) is 0.690. The summed E-state index contributed by atoms with van der Waals surface area (Å²) in [5.41, 5.74) is 4.28. The summed E-state index contributed by atoms with van der Waals surface area (Å²) < 4.78 is 11.5. The largest absolute Gasteiger partial charge is 0.480 e. The molecule has 1 aliphatic rings. The number of rotatable bonds is 1. The van der Waals surface area contributed by atoms with Crippen molar-refractivity contribution in [2.24, 2.45) is 0 Å². The summed E-state index contributed by atoms with van der Waals surface area (Å²) in [6, 6.07) is 8.07. The molecule has 0 saturated carbocycles. The van der Waals surface area contributed by atoms with Gasteiger partial charge in [0.1, 0.15) is 11.2 Å². The molecule has 2 aromatic heterocycles. The Morgan fingerprint density at radius 2 is 2.11 bits per heavy atom. The van der Waals surface area contributed by atoms with Crippen molar-refractivity contribution in [3.05, 3.63) is 35.5 Å². The fourth-order valence-electron chi connectivity index (χ4n) is 2.89. The van der Waals surface area contributed by atoms with Crippen LogP contribution in [0.3, 0.4) is 0 Å². The average Bonchev–Trinajstić information content (AvgIpc) is 3.01. The Hall–Kier alpha value is -2.03. The molecule has 0 bridgehead atoms. The lowest BCUT2D eigenvalue weighted by Crippen LogP contribution is -1.94. The van der Waals surface area contributed by atoms with E-state index >= 15 is 0 Å². The molecule has 3 nitrogen and oxygen atoms in total. The van der Waals surface area contributed by atoms with Crippen molar-refractivity contribution in [2.45, 2.75) is 19.3 Å². The van der Waals surface area contributed by atoms with Crippen molar-refractivity contribution in [2.75, 3.05) is 7.11 Å². The van der Waals surface area contributed by atoms with Gasteiger partial charge in [-0.05, 0) is 25.3 Å². The maximum atomic E-state index is 6.02. The first kappa shape index (κ1) is 9.95. The van der Waals surface area contributed by atoms with Gasteiger partial charge >= 0.3 is 0 Å². The Morgan fingerprint density at radius 3 is 3.00 bits per heavy atom. The predicted molar refractivity (Wildman–Crippen MR) is 70.1 cm³/mol. The molecule has 18 heavy (non-hydrogen) atoms. The van der Waals surface area contributed by atoms with Crippen LogP contribution in [0.2, 0.25) is 0 Å². The van der Waals surface area contributed by atoms with Gasteiger partial charge in [-0.3, -0.25) is 0 Å². The molecule has 2 heterocycles. The molecule has 1 aromatic carbocycles. The van der Waals surface area contributed by atoms with Gasteiger partial charge in [-0.25, -0.2) is 4.98 Å². The van der Waals surface area contributed by atoms with Gasteiger partial charge in [-0.1, -0.05) is 18.2 Å². The highest BCUT2D eigenvalue weighted by Gasteiger charge is 2.23. The van der Waals surface area contributed by atoms with Crippen LogP contribution in [0.1, 0.15) is 17.7 Å². The lowest BCUT2D eigenvalue weighted by molar-refractivity contribution is 0.402. The van der Waals surface area contributed by atoms with Crippen molar-refractivity contribution in [1.29, 1.82) is 0 Å². The highest BCUT2D eigenvalue weighted by molar-refractivity contribution is 6.08. The quantitative estimate of drug-likeness (QED) is 0.652. The second-order valence-corrected chi connectivity index (χ2v) is 4.70. The van der Waals surface area contributed by atoms with Crippen molar-refractivity contribution in [3.8, 4) is 5.88 Å². The van der Waals surface area contributed by atoms with Crippen molar-refractivity contribution in [3.63, 3.8) is 0 Å². The third-order valence-corrected chi connectivity index (χ3v) is 3.70. The van der Waals surface area contributed by atoms with Crippen molar-refractivity contribution >= 4 is 21.9 Å². The van der Waals surface area contributed by atoms with Crippen LogP contribution in [-0.2, 0) is 12.8 Å². The molecule has 0 spiro atoms. The zero-order chi connectivity index (χ0) is 12.1. The van der Waals surface area contributed by atoms with E-state index in [1.807, 2.05) is 18.2 Å². The molecule has 0 amide bonds. The van der Waals surface area contributed by atoms with Crippen LogP contribution in [0.25, 0.3) is 21.9 Å². The molecule has 0 unspecified atom stereocenters. The zero-order valence-electron chi connectivity index (χ0n) is 10.2. The SMILES string of the molecule is COc1nc2c(c3oc4ccccc4c13)CCC2. The van der Waals surface area contributed by atoms with E-state index in [1.165, 1.54) is 5.56 Å². The molecule has 0 saturated heterocycles. The van der Waals surface area contributed by atoms with Gasteiger partial charge in [0.15, 0.2) is 0 Å². The summed E-state index contributed by atoms with van der Waals surface area (Å²) in [6.07, 6.45) is 3.24. The number of fused-ring (bicyclic) bond motifs is 5. The Balaban J connectivity index is 2.24. The monoisotopic (exact) mass is 239 g/mol. The normalized spacial score (nSPS) is 14.3. The fourth-order valence-corrected chi connectivity index (χ4v) is 2.89. The molecular formula is C15H13NO2. The van der Waals surface area contributed by atoms with Crippen LogP contribution in [0.5, 0.6) is 5.88 Å². The average molecular weight is 239 g/mol. The minimum absolute atomic E-state index is 0.690. The second kappa shape index (κ2) is 3.48. The van der Waals surface area contributed by atoms with Crippen molar-refractivity contribution < 1.29 is 9.15 Å². The third-order valence-electron chi connectivity index (χ3n) is 3.70. The summed E-state index contributed by atoms with van der Waals surface area (Å²) >= 11 is 0. The first-order chi connectivity index (χ1) is 8.88. The third kappa shape index (κ3) is 1.16. The predicted octanol–water partition coefficient (Wildman–Crippen LogP) is 3.48. The van der Waals surface area contributed by atoms with E-state index in [9.17, 15) is 0 Å². The summed E-state index contributed by atoms with van der Waals surface area (Å²) in [7, 11) is 1.67. The number of ether oxygens (including phenoxy) is 1. The summed E-state index contributed by atoms with van der Waals surface area (Å²) in [4.78, 5) is 4.64. The van der Waals surface area contributed by atoms with Crippen LogP contribution in [0.4, 0.5) is 0 Å². The van der Waals surface area contributed by atoms with Crippen LogP contribution in [0, 0.1) is 0 Å². The molecular weight excluding hydrogens is 226 g/mol. The minimum atomic E-state index is 0.690. The standard InChI is InChI=1S/C15H13NO2/c1-17-15-13-10-5-2-3-8-12(10)18-14(13)9-6-4-7-11(9)16-15/h2-3,5,8H,4,6-7H2,1H3. The molecule has 4 rings (SSSR count). The number of aryl methyl sites for hydroxylation is 2. The Labute approximate surface area is 104 Å². The molecule has 0 radical (unpaired) electrons. The number of nitrogens with zero attached hydrogens (tertiary/aromatic N) is 1. The summed E-state index contributed by atoms with van der Waals surface area (Å²) in [6.45, 7) is 0. The van der Waals surface area contributed by atoms with Gasteiger partial charge < -0.3 is 9.15 Å². The van der Waals surface area contributed by atoms with E-state index in [-0.39, 0.29) is 0 Å². The molecule has 0 atom stereocenters. The smallest absolute Gasteiger partial charge is 0.225 e. The van der Waals surface area contributed by atoms with E-state index in [4.69, 9.17) is 9.15 Å². The van der Waals surface area contributed by atoms with Gasteiger partial charge in [-0.15, -0.1) is 0 Å². The number of furan rings is 1. The van der Waals surface area contributed by atoms with E-state index < -0.39 is 0 Å². The van der Waals surface area contributed by atoms with E-state index in [2.05, 4.69) is 11.1 Å². The minimum Gasteiger partial charge on any atom is -0.480 e. The molecule has 1 aliphatic carbocycles. The topological polar surface area (TPSA) is 35.3 Å². The number of pyridine rings is 1. The first-order valence-corrected chi connectivity index (χ1v) is 6.25. The van der Waals surface area contributed by atoms with Crippen LogP contribution >= 0.6 is 0 Å². The molecule has 3 heteroatoms. The molecule has 0 fully saturated rings. The number of benzene rings is 1. The zero-order valence-corrected chi connectivity index (χ0v) is 10.2. The van der Waals surface area contributed by atoms with Gasteiger partial charge in [0.2, 0.25) is 5.88 Å². The van der Waals surface area contributed by atoms with Crippen LogP contribution in [0.15, 0.2) is 28.7 Å². The Morgan fingerprint density at radius 1 is 1.22 bits per heavy atom. The molecule has 90 valence electrons. The van der Waals surface area contributed by atoms with Gasteiger partial charge in [0.05, 0.1) is 18.2 Å². The Bertz CT molecular complexity index is 758. The van der Waals surface area contributed by atoms with Crippen molar-refractivity contribution in [1.82, 2.24) is 4.98 Å². The number of methoxy groups -OCH3 is 1. The molecule has 3 aromatic rings. The number of para-hydroxylation sites is 1. The number of aromatic nitrogens is 1. The maximum absolute atomic E-state index is 6.02. The van der Waals surface area contributed by atoms with Gasteiger partial charge in [-0.2, -0.15) is 0 Å². The van der Waals surface area contributed by atoms with Gasteiger partial charge in [0, 0.05) is 10.9 Å². The van der Waals surface area contributed by atoms with Gasteiger partial charge in [0.25, 0.3) is 0 Å². The fraction of sp³-hybridized carbons (Fsp3) is 0.267. The van der Waals surface area contributed by atoms with E-state index in [0.29, 0.717) is 5.88 Å². The summed E-state index contributed by atoms with van der Waals surface area (Å²) in [5, 5.41) is 2.11. The lowest BCUT2D eigenvalue weighted by Gasteiger charge is -2.04. The first-order valence-electron chi connectivity index (χ1n) is 6.25. The molecule has 0 aliphatic heterocycles. The second-order valence-electron chi connectivity index (χ2n) is 4.70. The van der Waals surface area contributed by atoms with Crippen LogP contribution < -0.4 is 4.74 Å². The highest BCUT2D eigenvalue weighted by atomic mass is 16.5. The molecule has 0 N–H and O–H groups in total. The van der Waals surface area contributed by atoms with Crippen LogP contribution in [-0.4, -0.2) is 12.1 Å². The number of hydrogen-bond donors (Lipinski definition) is 0. The lowest BCUT2D eigenvalue weighted by atomic mass is 10.1.